The minimum atomic E-state index is -0.331. The van der Waals surface area contributed by atoms with Gasteiger partial charge in [-0.15, -0.1) is 0 Å². The Morgan fingerprint density at radius 3 is 2.65 bits per heavy atom. The number of nitrogens with zero attached hydrogens (tertiary/aromatic N) is 2. The van der Waals surface area contributed by atoms with E-state index in [9.17, 15) is 10.1 Å². The number of rotatable bonds is 8. The Kier molecular flexibility index (Phi) is 6.45. The molecule has 20 heavy (non-hydrogen) atoms. The van der Waals surface area contributed by atoms with Crippen LogP contribution in [0, 0.1) is 17.0 Å². The van der Waals surface area contributed by atoms with Gasteiger partial charge in [0.1, 0.15) is 5.69 Å². The Labute approximate surface area is 121 Å². The number of hydrogen-bond donors (Lipinski definition) is 1. The first kappa shape index (κ1) is 16.4. The SMILES string of the molecule is Cc1ccc(NCCCCN(C)C(C)C)c([N+](=O)[O-])c1. The number of nitro groups is 1. The standard InChI is InChI=1S/C15H25N3O2/c1-12(2)17(4)10-6-5-9-16-14-8-7-13(3)11-15(14)18(19)20/h7-8,11-12,16H,5-6,9-10H2,1-4H3. The van der Waals surface area contributed by atoms with Crippen molar-refractivity contribution in [3.8, 4) is 0 Å². The summed E-state index contributed by atoms with van der Waals surface area (Å²) < 4.78 is 0. The molecule has 0 radical (unpaired) electrons. The summed E-state index contributed by atoms with van der Waals surface area (Å²) in [6.07, 6.45) is 2.09. The van der Waals surface area contributed by atoms with Gasteiger partial charge in [0, 0.05) is 18.7 Å². The molecule has 0 saturated heterocycles. The lowest BCUT2D eigenvalue weighted by Gasteiger charge is -2.20. The van der Waals surface area contributed by atoms with Crippen LogP contribution in [0.3, 0.4) is 0 Å². The van der Waals surface area contributed by atoms with Crippen LogP contribution in [0.5, 0.6) is 0 Å². The maximum Gasteiger partial charge on any atom is 0.292 e. The van der Waals surface area contributed by atoms with E-state index >= 15 is 0 Å². The number of benzene rings is 1. The molecule has 0 aliphatic carbocycles. The van der Waals surface area contributed by atoms with Crippen molar-refractivity contribution in [2.45, 2.75) is 39.7 Å². The summed E-state index contributed by atoms with van der Waals surface area (Å²) in [5, 5.41) is 14.2. The molecule has 0 aliphatic rings. The molecule has 1 rings (SSSR count). The third kappa shape index (κ3) is 5.17. The van der Waals surface area contributed by atoms with Gasteiger partial charge in [-0.1, -0.05) is 6.07 Å². The summed E-state index contributed by atoms with van der Waals surface area (Å²) in [5.74, 6) is 0. The second-order valence-corrected chi connectivity index (χ2v) is 5.49. The van der Waals surface area contributed by atoms with E-state index < -0.39 is 0 Å². The molecule has 5 nitrogen and oxygen atoms in total. The molecule has 1 N–H and O–H groups in total. The number of nitrogens with one attached hydrogen (secondary N) is 1. The summed E-state index contributed by atoms with van der Waals surface area (Å²) in [6, 6.07) is 5.84. The lowest BCUT2D eigenvalue weighted by atomic mass is 10.2. The highest BCUT2D eigenvalue weighted by atomic mass is 16.6. The quantitative estimate of drug-likeness (QED) is 0.450. The van der Waals surface area contributed by atoms with E-state index in [1.54, 1.807) is 12.1 Å². The third-order valence-electron chi connectivity index (χ3n) is 3.48. The lowest BCUT2D eigenvalue weighted by Crippen LogP contribution is -2.27. The summed E-state index contributed by atoms with van der Waals surface area (Å²) in [6.45, 7) is 8.02. The predicted octanol–water partition coefficient (Wildman–Crippen LogP) is 3.44. The zero-order valence-corrected chi connectivity index (χ0v) is 12.8. The molecule has 0 bridgehead atoms. The second kappa shape index (κ2) is 7.85. The van der Waals surface area contributed by atoms with Crippen molar-refractivity contribution in [1.29, 1.82) is 0 Å². The van der Waals surface area contributed by atoms with Gasteiger partial charge in [0.25, 0.3) is 5.69 Å². The van der Waals surface area contributed by atoms with Crippen LogP contribution in [0.15, 0.2) is 18.2 Å². The van der Waals surface area contributed by atoms with Crippen LogP contribution in [-0.4, -0.2) is 36.0 Å². The molecule has 1 aromatic carbocycles. The first-order valence-electron chi connectivity index (χ1n) is 7.11. The van der Waals surface area contributed by atoms with Gasteiger partial charge >= 0.3 is 0 Å². The summed E-state index contributed by atoms with van der Waals surface area (Å²) in [4.78, 5) is 13.0. The first-order valence-corrected chi connectivity index (χ1v) is 7.11. The Balaban J connectivity index is 2.41. The van der Waals surface area contributed by atoms with Gasteiger partial charge in [-0.25, -0.2) is 0 Å². The summed E-state index contributed by atoms with van der Waals surface area (Å²) in [5.41, 5.74) is 1.67. The van der Waals surface area contributed by atoms with Crippen LogP contribution in [0.25, 0.3) is 0 Å². The van der Waals surface area contributed by atoms with Crippen molar-refractivity contribution in [1.82, 2.24) is 4.90 Å². The molecule has 0 amide bonds. The Morgan fingerprint density at radius 2 is 2.05 bits per heavy atom. The molecule has 0 aliphatic heterocycles. The van der Waals surface area contributed by atoms with Crippen LogP contribution in [0.4, 0.5) is 11.4 Å². The second-order valence-electron chi connectivity index (χ2n) is 5.49. The number of unbranched alkanes of at least 4 members (excludes halogenated alkanes) is 1. The molecule has 0 saturated carbocycles. The maximum atomic E-state index is 11.0. The van der Waals surface area contributed by atoms with Gasteiger partial charge in [0.2, 0.25) is 0 Å². The molecule has 112 valence electrons. The molecular weight excluding hydrogens is 254 g/mol. The van der Waals surface area contributed by atoms with Gasteiger partial charge in [0.15, 0.2) is 0 Å². The molecule has 0 unspecified atom stereocenters. The number of anilines is 1. The fraction of sp³-hybridized carbons (Fsp3) is 0.600. The van der Waals surface area contributed by atoms with Crippen LogP contribution >= 0.6 is 0 Å². The van der Waals surface area contributed by atoms with Gasteiger partial charge in [-0.2, -0.15) is 0 Å². The lowest BCUT2D eigenvalue weighted by molar-refractivity contribution is -0.384. The molecule has 0 heterocycles. The zero-order chi connectivity index (χ0) is 15.1. The minimum Gasteiger partial charge on any atom is -0.379 e. The average Bonchev–Trinajstić information content (AvgIpc) is 2.39. The Hall–Kier alpha value is -1.62. The van der Waals surface area contributed by atoms with Crippen molar-refractivity contribution in [2.75, 3.05) is 25.5 Å². The van der Waals surface area contributed by atoms with Crippen LogP contribution < -0.4 is 5.32 Å². The van der Waals surface area contributed by atoms with E-state index in [4.69, 9.17) is 0 Å². The smallest absolute Gasteiger partial charge is 0.292 e. The maximum absolute atomic E-state index is 11.0. The van der Waals surface area contributed by atoms with E-state index in [1.165, 1.54) is 0 Å². The van der Waals surface area contributed by atoms with E-state index in [-0.39, 0.29) is 10.6 Å². The van der Waals surface area contributed by atoms with Crippen molar-refractivity contribution < 1.29 is 4.92 Å². The average molecular weight is 279 g/mol. The zero-order valence-electron chi connectivity index (χ0n) is 12.8. The topological polar surface area (TPSA) is 58.4 Å². The van der Waals surface area contributed by atoms with Gasteiger partial charge < -0.3 is 10.2 Å². The molecule has 0 atom stereocenters. The highest BCUT2D eigenvalue weighted by Crippen LogP contribution is 2.25. The largest absolute Gasteiger partial charge is 0.379 e. The fourth-order valence-corrected chi connectivity index (χ4v) is 1.91. The number of hydrogen-bond acceptors (Lipinski definition) is 4. The molecular formula is C15H25N3O2. The highest BCUT2D eigenvalue weighted by molar-refractivity contribution is 5.62. The fourth-order valence-electron chi connectivity index (χ4n) is 1.91. The van der Waals surface area contributed by atoms with Gasteiger partial charge in [-0.05, 0) is 58.8 Å². The van der Waals surface area contributed by atoms with Crippen LogP contribution in [-0.2, 0) is 0 Å². The minimum absolute atomic E-state index is 0.157. The van der Waals surface area contributed by atoms with E-state index in [2.05, 4.69) is 31.1 Å². The van der Waals surface area contributed by atoms with E-state index in [1.807, 2.05) is 13.0 Å². The molecule has 5 heteroatoms. The van der Waals surface area contributed by atoms with Crippen molar-refractivity contribution in [3.05, 3.63) is 33.9 Å². The van der Waals surface area contributed by atoms with Gasteiger partial charge in [0.05, 0.1) is 4.92 Å². The predicted molar refractivity (Wildman–Crippen MR) is 83.3 cm³/mol. The molecule has 1 aromatic rings. The Bertz CT molecular complexity index is 447. The van der Waals surface area contributed by atoms with Crippen LogP contribution in [0.1, 0.15) is 32.3 Å². The van der Waals surface area contributed by atoms with Crippen molar-refractivity contribution in [2.24, 2.45) is 0 Å². The van der Waals surface area contributed by atoms with Gasteiger partial charge in [-0.3, -0.25) is 10.1 Å². The normalized spacial score (nSPS) is 11.1. The number of nitro benzene ring substituents is 1. The monoisotopic (exact) mass is 279 g/mol. The third-order valence-corrected chi connectivity index (χ3v) is 3.48. The molecule has 0 fully saturated rings. The number of aryl methyl sites for hydroxylation is 1. The van der Waals surface area contributed by atoms with E-state index in [0.717, 1.165) is 31.5 Å². The molecule has 0 aromatic heterocycles. The first-order chi connectivity index (χ1) is 9.41. The summed E-state index contributed by atoms with van der Waals surface area (Å²) >= 11 is 0. The highest BCUT2D eigenvalue weighted by Gasteiger charge is 2.12. The van der Waals surface area contributed by atoms with Crippen molar-refractivity contribution >= 4 is 11.4 Å². The summed E-state index contributed by atoms with van der Waals surface area (Å²) in [7, 11) is 2.11. The van der Waals surface area contributed by atoms with Crippen LogP contribution in [0.2, 0.25) is 0 Å². The molecule has 0 spiro atoms. The Morgan fingerprint density at radius 1 is 1.35 bits per heavy atom. The van der Waals surface area contributed by atoms with Crippen molar-refractivity contribution in [3.63, 3.8) is 0 Å². The van der Waals surface area contributed by atoms with E-state index in [0.29, 0.717) is 11.7 Å².